The van der Waals surface area contributed by atoms with E-state index in [9.17, 15) is 9.59 Å². The third-order valence-corrected chi connectivity index (χ3v) is 3.44. The van der Waals surface area contributed by atoms with E-state index in [1.54, 1.807) is 11.3 Å². The van der Waals surface area contributed by atoms with E-state index in [2.05, 4.69) is 5.32 Å². The summed E-state index contributed by atoms with van der Waals surface area (Å²) in [5.74, 6) is -0.254. The Morgan fingerprint density at radius 3 is 2.88 bits per heavy atom. The number of amides is 3. The van der Waals surface area contributed by atoms with Gasteiger partial charge in [-0.1, -0.05) is 0 Å². The summed E-state index contributed by atoms with van der Waals surface area (Å²) >= 11 is 1.65. The monoisotopic (exact) mass is 232 g/mol. The molecule has 1 N–H and O–H groups in total. The lowest BCUT2D eigenvalue weighted by Crippen LogP contribution is -2.27. The van der Waals surface area contributed by atoms with Gasteiger partial charge in [0.15, 0.2) is 0 Å². The Morgan fingerprint density at radius 1 is 1.25 bits per heavy atom. The van der Waals surface area contributed by atoms with Crippen molar-refractivity contribution >= 4 is 39.0 Å². The zero-order valence-corrected chi connectivity index (χ0v) is 9.08. The van der Waals surface area contributed by atoms with Crippen LogP contribution in [0.15, 0.2) is 29.6 Å². The lowest BCUT2D eigenvalue weighted by molar-refractivity contribution is -0.117. The van der Waals surface area contributed by atoms with Crippen LogP contribution in [0.4, 0.5) is 10.5 Å². The number of thiophene rings is 1. The van der Waals surface area contributed by atoms with Crippen molar-refractivity contribution < 1.29 is 9.59 Å². The number of imide groups is 1. The van der Waals surface area contributed by atoms with Crippen molar-refractivity contribution in [1.82, 2.24) is 5.32 Å². The maximum atomic E-state index is 11.5. The lowest BCUT2D eigenvalue weighted by Gasteiger charge is -2.12. The molecule has 2 heterocycles. The van der Waals surface area contributed by atoms with Crippen LogP contribution in [0.5, 0.6) is 0 Å². The third kappa shape index (κ3) is 1.37. The fourth-order valence-electron chi connectivity index (χ4n) is 1.77. The summed E-state index contributed by atoms with van der Waals surface area (Å²) in [6.07, 6.45) is 0. The molecule has 1 aromatic carbocycles. The Bertz CT molecular complexity index is 590. The van der Waals surface area contributed by atoms with Gasteiger partial charge in [0.2, 0.25) is 5.91 Å². The summed E-state index contributed by atoms with van der Waals surface area (Å²) in [4.78, 5) is 24.0. The zero-order valence-electron chi connectivity index (χ0n) is 8.27. The van der Waals surface area contributed by atoms with Crippen molar-refractivity contribution in [1.29, 1.82) is 0 Å². The van der Waals surface area contributed by atoms with E-state index < -0.39 is 0 Å². The van der Waals surface area contributed by atoms with Crippen LogP contribution in [-0.2, 0) is 4.79 Å². The fourth-order valence-corrected chi connectivity index (χ4v) is 2.54. The number of fused-ring (bicyclic) bond motifs is 1. The van der Waals surface area contributed by atoms with E-state index in [1.807, 2.05) is 29.6 Å². The molecule has 0 aliphatic carbocycles. The largest absolute Gasteiger partial charge is 0.329 e. The van der Waals surface area contributed by atoms with Crippen molar-refractivity contribution in [2.75, 3.05) is 11.4 Å². The van der Waals surface area contributed by atoms with E-state index in [0.717, 1.165) is 11.1 Å². The Labute approximate surface area is 95.5 Å². The number of rotatable bonds is 1. The summed E-state index contributed by atoms with van der Waals surface area (Å²) < 4.78 is 1.18. The molecule has 80 valence electrons. The average molecular weight is 232 g/mol. The molecule has 1 aliphatic heterocycles. The van der Waals surface area contributed by atoms with E-state index in [0.29, 0.717) is 0 Å². The van der Waals surface area contributed by atoms with Gasteiger partial charge in [-0.05, 0) is 35.0 Å². The summed E-state index contributed by atoms with van der Waals surface area (Å²) in [7, 11) is 0. The molecule has 0 spiro atoms. The molecule has 1 aromatic heterocycles. The summed E-state index contributed by atoms with van der Waals surface area (Å²) in [6, 6.07) is 7.39. The standard InChI is InChI=1S/C11H8N2O2S/c14-10-6-13(11(15)12-10)8-1-2-9-7(5-8)3-4-16-9/h1-5H,6H2,(H,12,14,15). The maximum absolute atomic E-state index is 11.5. The maximum Gasteiger partial charge on any atom is 0.329 e. The molecule has 0 atom stereocenters. The normalized spacial score (nSPS) is 15.9. The number of hydrogen-bond acceptors (Lipinski definition) is 3. The Kier molecular flexibility index (Phi) is 1.94. The van der Waals surface area contributed by atoms with Crippen LogP contribution in [0.25, 0.3) is 10.1 Å². The van der Waals surface area contributed by atoms with Gasteiger partial charge in [0.25, 0.3) is 0 Å². The van der Waals surface area contributed by atoms with Crippen LogP contribution in [-0.4, -0.2) is 18.5 Å². The molecule has 1 fully saturated rings. The lowest BCUT2D eigenvalue weighted by atomic mass is 10.2. The van der Waals surface area contributed by atoms with Gasteiger partial charge in [-0.15, -0.1) is 11.3 Å². The number of carbonyl (C=O) groups excluding carboxylic acids is 2. The molecule has 3 amide bonds. The first-order valence-electron chi connectivity index (χ1n) is 4.83. The van der Waals surface area contributed by atoms with E-state index >= 15 is 0 Å². The second-order valence-corrected chi connectivity index (χ2v) is 4.53. The van der Waals surface area contributed by atoms with Gasteiger partial charge in [-0.3, -0.25) is 15.0 Å². The van der Waals surface area contributed by atoms with E-state index in [1.165, 1.54) is 9.60 Å². The van der Waals surface area contributed by atoms with Gasteiger partial charge in [-0.2, -0.15) is 0 Å². The number of benzene rings is 1. The van der Waals surface area contributed by atoms with Crippen LogP contribution >= 0.6 is 11.3 Å². The van der Waals surface area contributed by atoms with E-state index in [-0.39, 0.29) is 18.5 Å². The Morgan fingerprint density at radius 2 is 2.12 bits per heavy atom. The van der Waals surface area contributed by atoms with Gasteiger partial charge in [0.1, 0.15) is 6.54 Å². The predicted octanol–water partition coefficient (Wildman–Crippen LogP) is 1.96. The Hall–Kier alpha value is -1.88. The highest BCUT2D eigenvalue weighted by Crippen LogP contribution is 2.26. The van der Waals surface area contributed by atoms with Gasteiger partial charge in [0, 0.05) is 10.4 Å². The van der Waals surface area contributed by atoms with Crippen LogP contribution in [0.2, 0.25) is 0 Å². The van der Waals surface area contributed by atoms with Gasteiger partial charge >= 0.3 is 6.03 Å². The molecule has 0 radical (unpaired) electrons. The fraction of sp³-hybridized carbons (Fsp3) is 0.0909. The number of nitrogens with zero attached hydrogens (tertiary/aromatic N) is 1. The number of anilines is 1. The highest BCUT2D eigenvalue weighted by atomic mass is 32.1. The first kappa shape index (κ1) is 9.35. The van der Waals surface area contributed by atoms with Crippen LogP contribution in [0.3, 0.4) is 0 Å². The van der Waals surface area contributed by atoms with Crippen LogP contribution in [0, 0.1) is 0 Å². The summed E-state index contributed by atoms with van der Waals surface area (Å²) in [5, 5.41) is 5.35. The van der Waals surface area contributed by atoms with Crippen molar-refractivity contribution in [3.63, 3.8) is 0 Å². The third-order valence-electron chi connectivity index (χ3n) is 2.54. The van der Waals surface area contributed by atoms with Crippen molar-refractivity contribution in [2.24, 2.45) is 0 Å². The highest BCUT2D eigenvalue weighted by molar-refractivity contribution is 7.17. The predicted molar refractivity (Wildman–Crippen MR) is 62.7 cm³/mol. The molecule has 0 saturated carbocycles. The SMILES string of the molecule is O=C1CN(c2ccc3sccc3c2)C(=O)N1. The van der Waals surface area contributed by atoms with Crippen molar-refractivity contribution in [2.45, 2.75) is 0 Å². The quantitative estimate of drug-likeness (QED) is 0.764. The molecular weight excluding hydrogens is 224 g/mol. The zero-order chi connectivity index (χ0) is 11.1. The summed E-state index contributed by atoms with van der Waals surface area (Å²) in [5.41, 5.74) is 0.759. The number of urea groups is 1. The number of hydrogen-bond donors (Lipinski definition) is 1. The van der Waals surface area contributed by atoms with Gasteiger partial charge < -0.3 is 0 Å². The molecule has 2 aromatic rings. The second-order valence-electron chi connectivity index (χ2n) is 3.58. The molecule has 4 nitrogen and oxygen atoms in total. The average Bonchev–Trinajstić information content (AvgIpc) is 2.83. The van der Waals surface area contributed by atoms with Crippen LogP contribution < -0.4 is 10.2 Å². The molecule has 3 rings (SSSR count). The highest BCUT2D eigenvalue weighted by Gasteiger charge is 2.27. The first-order valence-corrected chi connectivity index (χ1v) is 5.70. The minimum absolute atomic E-state index is 0.106. The van der Waals surface area contributed by atoms with Gasteiger partial charge in [-0.25, -0.2) is 4.79 Å². The minimum atomic E-state index is -0.348. The molecule has 5 heteroatoms. The molecule has 1 saturated heterocycles. The van der Waals surface area contributed by atoms with E-state index in [4.69, 9.17) is 0 Å². The molecular formula is C11H8N2O2S. The smallest absolute Gasteiger partial charge is 0.285 e. The molecule has 16 heavy (non-hydrogen) atoms. The number of carbonyl (C=O) groups is 2. The topological polar surface area (TPSA) is 49.4 Å². The number of nitrogens with one attached hydrogen (secondary N) is 1. The minimum Gasteiger partial charge on any atom is -0.285 e. The van der Waals surface area contributed by atoms with Crippen molar-refractivity contribution in [3.05, 3.63) is 29.6 Å². The van der Waals surface area contributed by atoms with Crippen molar-refractivity contribution in [3.8, 4) is 0 Å². The Balaban J connectivity index is 2.05. The summed E-state index contributed by atoms with van der Waals surface area (Å²) in [6.45, 7) is 0.106. The second kappa shape index (κ2) is 3.31. The molecule has 1 aliphatic rings. The molecule has 0 bridgehead atoms. The van der Waals surface area contributed by atoms with Crippen LogP contribution in [0.1, 0.15) is 0 Å². The van der Waals surface area contributed by atoms with Gasteiger partial charge in [0.05, 0.1) is 0 Å². The first-order chi connectivity index (χ1) is 7.74. The molecule has 0 unspecified atom stereocenters.